The van der Waals surface area contributed by atoms with Crippen molar-refractivity contribution < 1.29 is 28.6 Å². The zero-order chi connectivity index (χ0) is 17.2. The van der Waals surface area contributed by atoms with E-state index in [-0.39, 0.29) is 5.91 Å². The predicted octanol–water partition coefficient (Wildman–Crippen LogP) is 0.790. The molecule has 3 atom stereocenters. The van der Waals surface area contributed by atoms with Crippen LogP contribution in [-0.4, -0.2) is 60.5 Å². The van der Waals surface area contributed by atoms with Gasteiger partial charge in [0.25, 0.3) is 0 Å². The highest BCUT2D eigenvalue weighted by molar-refractivity contribution is 5.90. The number of esters is 1. The molecule has 1 N–H and O–H groups in total. The number of hydrogen-bond acceptors (Lipinski definition) is 6. The SMILES string of the molecule is COC(=O)[C@@H]1CC[C@@H]2OCC[C@H](NC(=O)OC(C)(C)C)C(=O)N21. The van der Waals surface area contributed by atoms with Crippen molar-refractivity contribution in [3.05, 3.63) is 0 Å². The average molecular weight is 328 g/mol. The molecule has 2 fully saturated rings. The number of carbonyl (C=O) groups excluding carboxylic acids is 3. The van der Waals surface area contributed by atoms with Crippen molar-refractivity contribution in [3.63, 3.8) is 0 Å². The number of nitrogens with one attached hydrogen (secondary N) is 1. The number of amides is 2. The fourth-order valence-electron chi connectivity index (χ4n) is 2.81. The molecular formula is C15H24N2O6. The summed E-state index contributed by atoms with van der Waals surface area (Å²) in [4.78, 5) is 37.9. The predicted molar refractivity (Wildman–Crippen MR) is 79.4 cm³/mol. The largest absolute Gasteiger partial charge is 0.467 e. The maximum absolute atomic E-state index is 12.7. The minimum absolute atomic E-state index is 0.321. The summed E-state index contributed by atoms with van der Waals surface area (Å²) in [5, 5.41) is 2.57. The number of alkyl carbamates (subject to hydrolysis) is 1. The van der Waals surface area contributed by atoms with Crippen LogP contribution in [0.2, 0.25) is 0 Å². The van der Waals surface area contributed by atoms with Gasteiger partial charge in [-0.2, -0.15) is 0 Å². The maximum Gasteiger partial charge on any atom is 0.408 e. The third kappa shape index (κ3) is 4.13. The van der Waals surface area contributed by atoms with Gasteiger partial charge in [0.1, 0.15) is 23.9 Å². The Morgan fingerprint density at radius 1 is 1.26 bits per heavy atom. The van der Waals surface area contributed by atoms with Crippen molar-refractivity contribution in [1.82, 2.24) is 10.2 Å². The van der Waals surface area contributed by atoms with Crippen LogP contribution in [0.1, 0.15) is 40.0 Å². The maximum atomic E-state index is 12.7. The van der Waals surface area contributed by atoms with Gasteiger partial charge in [-0.05, 0) is 33.6 Å². The van der Waals surface area contributed by atoms with Gasteiger partial charge in [0.05, 0.1) is 13.7 Å². The van der Waals surface area contributed by atoms with Crippen LogP contribution in [0.15, 0.2) is 0 Å². The van der Waals surface area contributed by atoms with Gasteiger partial charge < -0.3 is 24.4 Å². The van der Waals surface area contributed by atoms with Gasteiger partial charge in [-0.25, -0.2) is 9.59 Å². The van der Waals surface area contributed by atoms with E-state index in [4.69, 9.17) is 14.2 Å². The summed E-state index contributed by atoms with van der Waals surface area (Å²) in [6, 6.07) is -1.45. The second-order valence-corrected chi connectivity index (χ2v) is 6.67. The lowest BCUT2D eigenvalue weighted by Gasteiger charge is -2.29. The van der Waals surface area contributed by atoms with E-state index in [9.17, 15) is 14.4 Å². The van der Waals surface area contributed by atoms with E-state index in [1.165, 1.54) is 12.0 Å². The molecule has 2 rings (SSSR count). The van der Waals surface area contributed by atoms with Gasteiger partial charge in [0, 0.05) is 6.42 Å². The molecule has 0 aromatic rings. The van der Waals surface area contributed by atoms with Crippen molar-refractivity contribution in [2.45, 2.75) is 63.9 Å². The summed E-state index contributed by atoms with van der Waals surface area (Å²) >= 11 is 0. The summed E-state index contributed by atoms with van der Waals surface area (Å²) in [6.07, 6.45) is 0.284. The third-order valence-corrected chi connectivity index (χ3v) is 3.77. The van der Waals surface area contributed by atoms with E-state index >= 15 is 0 Å². The summed E-state index contributed by atoms with van der Waals surface area (Å²) in [5.74, 6) is -0.811. The van der Waals surface area contributed by atoms with Crippen molar-refractivity contribution in [1.29, 1.82) is 0 Å². The Bertz CT molecular complexity index is 487. The minimum Gasteiger partial charge on any atom is -0.467 e. The number of fused-ring (bicyclic) bond motifs is 1. The zero-order valence-electron chi connectivity index (χ0n) is 14.0. The number of methoxy groups -OCH3 is 1. The minimum atomic E-state index is -0.778. The Kier molecular flexibility index (Phi) is 5.13. The van der Waals surface area contributed by atoms with Gasteiger partial charge >= 0.3 is 12.1 Å². The number of ether oxygens (including phenoxy) is 3. The summed E-state index contributed by atoms with van der Waals surface area (Å²) in [6.45, 7) is 5.55. The van der Waals surface area contributed by atoms with E-state index < -0.39 is 36.0 Å². The van der Waals surface area contributed by atoms with Crippen LogP contribution in [0.5, 0.6) is 0 Å². The molecule has 8 nitrogen and oxygen atoms in total. The Labute approximate surface area is 135 Å². The molecule has 2 heterocycles. The molecule has 0 aromatic heterocycles. The van der Waals surface area contributed by atoms with E-state index in [0.29, 0.717) is 25.9 Å². The fraction of sp³-hybridized carbons (Fsp3) is 0.800. The Hall–Kier alpha value is -1.83. The lowest BCUT2D eigenvalue weighted by molar-refractivity contribution is -0.157. The lowest BCUT2D eigenvalue weighted by Crippen LogP contribution is -2.53. The molecule has 23 heavy (non-hydrogen) atoms. The summed E-state index contributed by atoms with van der Waals surface area (Å²) in [7, 11) is 1.29. The van der Waals surface area contributed by atoms with Crippen molar-refractivity contribution >= 4 is 18.0 Å². The lowest BCUT2D eigenvalue weighted by atomic mass is 10.1. The van der Waals surface area contributed by atoms with Crippen molar-refractivity contribution in [2.75, 3.05) is 13.7 Å². The first-order chi connectivity index (χ1) is 10.7. The van der Waals surface area contributed by atoms with Gasteiger partial charge in [0.15, 0.2) is 0 Å². The van der Waals surface area contributed by atoms with Crippen LogP contribution in [0.25, 0.3) is 0 Å². The Morgan fingerprint density at radius 2 is 1.96 bits per heavy atom. The first-order valence-corrected chi connectivity index (χ1v) is 7.74. The molecule has 2 amide bonds. The molecule has 0 saturated carbocycles. The van der Waals surface area contributed by atoms with Crippen molar-refractivity contribution in [2.24, 2.45) is 0 Å². The number of carbonyl (C=O) groups is 3. The molecule has 0 unspecified atom stereocenters. The molecule has 2 saturated heterocycles. The molecule has 0 bridgehead atoms. The van der Waals surface area contributed by atoms with Crippen LogP contribution in [0, 0.1) is 0 Å². The monoisotopic (exact) mass is 328 g/mol. The highest BCUT2D eigenvalue weighted by Gasteiger charge is 2.46. The van der Waals surface area contributed by atoms with Gasteiger partial charge in [0.2, 0.25) is 5.91 Å². The standard InChI is InChI=1S/C15H24N2O6/c1-15(2,3)23-14(20)16-9-7-8-22-11-6-5-10(13(19)21-4)17(11)12(9)18/h9-11H,5-8H2,1-4H3,(H,16,20)/t9-,10-,11-/m0/s1. The second kappa shape index (κ2) is 6.74. The van der Waals surface area contributed by atoms with E-state index in [1.54, 1.807) is 20.8 Å². The smallest absolute Gasteiger partial charge is 0.408 e. The van der Waals surface area contributed by atoms with E-state index in [2.05, 4.69) is 5.32 Å². The van der Waals surface area contributed by atoms with Gasteiger partial charge in [-0.3, -0.25) is 4.79 Å². The first kappa shape index (κ1) is 17.5. The Balaban J connectivity index is 2.09. The highest BCUT2D eigenvalue weighted by atomic mass is 16.6. The van der Waals surface area contributed by atoms with Crippen LogP contribution >= 0.6 is 0 Å². The normalized spacial score (nSPS) is 27.9. The number of nitrogens with zero attached hydrogens (tertiary/aromatic N) is 1. The topological polar surface area (TPSA) is 94.2 Å². The Morgan fingerprint density at radius 3 is 2.57 bits per heavy atom. The average Bonchev–Trinajstić information content (AvgIpc) is 2.80. The van der Waals surface area contributed by atoms with E-state index in [0.717, 1.165) is 0 Å². The third-order valence-electron chi connectivity index (χ3n) is 3.77. The molecule has 0 aliphatic carbocycles. The quantitative estimate of drug-likeness (QED) is 0.753. The molecule has 0 aromatic carbocycles. The first-order valence-electron chi connectivity index (χ1n) is 7.74. The van der Waals surface area contributed by atoms with E-state index in [1.807, 2.05) is 0 Å². The molecule has 0 spiro atoms. The molecule has 130 valence electrons. The summed E-state index contributed by atoms with van der Waals surface area (Å²) in [5.41, 5.74) is -0.654. The van der Waals surface area contributed by atoms with Crippen LogP contribution in [0.4, 0.5) is 4.79 Å². The second-order valence-electron chi connectivity index (χ2n) is 6.67. The van der Waals surface area contributed by atoms with Crippen molar-refractivity contribution in [3.8, 4) is 0 Å². The molecule has 8 heteroatoms. The molecule has 0 radical (unpaired) electrons. The number of rotatable bonds is 2. The number of hydrogen-bond donors (Lipinski definition) is 1. The van der Waals surface area contributed by atoms with Crippen LogP contribution in [-0.2, 0) is 23.8 Å². The zero-order valence-corrected chi connectivity index (χ0v) is 14.0. The van der Waals surface area contributed by atoms with Gasteiger partial charge in [-0.1, -0.05) is 0 Å². The van der Waals surface area contributed by atoms with Gasteiger partial charge in [-0.15, -0.1) is 0 Å². The fourth-order valence-corrected chi connectivity index (χ4v) is 2.81. The highest BCUT2D eigenvalue weighted by Crippen LogP contribution is 2.29. The molecule has 2 aliphatic rings. The van der Waals surface area contributed by atoms with Crippen LogP contribution in [0.3, 0.4) is 0 Å². The summed E-state index contributed by atoms with van der Waals surface area (Å²) < 4.78 is 15.6. The van der Waals surface area contributed by atoms with Crippen LogP contribution < -0.4 is 5.32 Å². The molecule has 2 aliphatic heterocycles. The molecular weight excluding hydrogens is 304 g/mol.